The van der Waals surface area contributed by atoms with E-state index >= 15 is 0 Å². The summed E-state index contributed by atoms with van der Waals surface area (Å²) >= 11 is 5.90. The van der Waals surface area contributed by atoms with Gasteiger partial charge < -0.3 is 5.11 Å². The highest BCUT2D eigenvalue weighted by Crippen LogP contribution is 2.25. The zero-order chi connectivity index (χ0) is 17.0. The molecule has 23 heavy (non-hydrogen) atoms. The van der Waals surface area contributed by atoms with Gasteiger partial charge in [-0.2, -0.15) is 0 Å². The number of hydrogen-bond acceptors (Lipinski definition) is 3. The fraction of sp³-hybridized carbons (Fsp3) is 0.0625. The molecule has 0 aliphatic rings. The largest absolute Gasteiger partial charge is 0.478 e. The lowest BCUT2D eigenvalue weighted by atomic mass is 10.1. The molecule has 120 valence electrons. The molecular weight excluding hydrogens is 338 g/mol. The topological polar surface area (TPSA) is 83.5 Å². The molecule has 0 heterocycles. The van der Waals surface area contributed by atoms with Gasteiger partial charge in [0.05, 0.1) is 10.6 Å². The summed E-state index contributed by atoms with van der Waals surface area (Å²) in [4.78, 5) is 10.7. The van der Waals surface area contributed by atoms with Crippen molar-refractivity contribution in [2.45, 2.75) is 11.8 Å². The Morgan fingerprint density at radius 2 is 1.83 bits per heavy atom. The first kappa shape index (κ1) is 17.1. The minimum atomic E-state index is -3.80. The summed E-state index contributed by atoms with van der Waals surface area (Å²) < 4.78 is 27.3. The van der Waals surface area contributed by atoms with Crippen molar-refractivity contribution < 1.29 is 18.3 Å². The fourth-order valence-corrected chi connectivity index (χ4v) is 3.10. The monoisotopic (exact) mass is 351 g/mol. The molecule has 0 spiro atoms. The van der Waals surface area contributed by atoms with Gasteiger partial charge in [-0.25, -0.2) is 13.2 Å². The number of rotatable bonds is 5. The molecule has 0 saturated carbocycles. The van der Waals surface area contributed by atoms with E-state index in [2.05, 4.69) is 4.72 Å². The number of aliphatic carboxylic acids is 1. The summed E-state index contributed by atoms with van der Waals surface area (Å²) in [7, 11) is -3.80. The Morgan fingerprint density at radius 3 is 2.43 bits per heavy atom. The first-order valence-corrected chi connectivity index (χ1v) is 8.44. The van der Waals surface area contributed by atoms with Crippen LogP contribution in [0.4, 0.5) is 5.69 Å². The van der Waals surface area contributed by atoms with Gasteiger partial charge in [0, 0.05) is 11.1 Å². The van der Waals surface area contributed by atoms with Gasteiger partial charge in [0.15, 0.2) is 0 Å². The van der Waals surface area contributed by atoms with Crippen LogP contribution < -0.4 is 4.72 Å². The van der Waals surface area contributed by atoms with Crippen molar-refractivity contribution >= 4 is 39.4 Å². The molecule has 2 N–H and O–H groups in total. The molecule has 7 heteroatoms. The molecule has 5 nitrogen and oxygen atoms in total. The van der Waals surface area contributed by atoms with E-state index < -0.39 is 16.0 Å². The minimum absolute atomic E-state index is 0.108. The van der Waals surface area contributed by atoms with Crippen LogP contribution in [0.2, 0.25) is 5.02 Å². The molecule has 2 aromatic carbocycles. The maximum absolute atomic E-state index is 12.4. The van der Waals surface area contributed by atoms with Gasteiger partial charge in [0.25, 0.3) is 10.0 Å². The Hall–Kier alpha value is -2.31. The highest BCUT2D eigenvalue weighted by atomic mass is 35.5. The third kappa shape index (κ3) is 4.58. The summed E-state index contributed by atoms with van der Waals surface area (Å²) in [6, 6.07) is 10.9. The second-order valence-electron chi connectivity index (χ2n) is 4.82. The molecule has 0 aromatic heterocycles. The Kier molecular flexibility index (Phi) is 5.08. The van der Waals surface area contributed by atoms with Gasteiger partial charge in [-0.05, 0) is 42.8 Å². The predicted molar refractivity (Wildman–Crippen MR) is 90.1 cm³/mol. The van der Waals surface area contributed by atoms with E-state index in [0.717, 1.165) is 11.6 Å². The second-order valence-corrected chi connectivity index (χ2v) is 6.94. The zero-order valence-corrected chi connectivity index (χ0v) is 13.7. The van der Waals surface area contributed by atoms with Crippen LogP contribution in [0.5, 0.6) is 0 Å². The van der Waals surface area contributed by atoms with Gasteiger partial charge in [-0.15, -0.1) is 0 Å². The molecule has 0 atom stereocenters. The second kappa shape index (κ2) is 6.85. The number of carboxylic acid groups (broad SMARTS) is 1. The van der Waals surface area contributed by atoms with Crippen LogP contribution >= 0.6 is 11.6 Å². The molecule has 0 saturated heterocycles. The van der Waals surface area contributed by atoms with Gasteiger partial charge in [-0.1, -0.05) is 35.4 Å². The minimum Gasteiger partial charge on any atom is -0.478 e. The van der Waals surface area contributed by atoms with Gasteiger partial charge in [0.1, 0.15) is 0 Å². The molecule has 2 rings (SSSR count). The summed E-state index contributed by atoms with van der Waals surface area (Å²) in [5.74, 6) is -1.13. The molecule has 0 bridgehead atoms. The Balaban J connectivity index is 2.40. The van der Waals surface area contributed by atoms with Crippen LogP contribution in [-0.4, -0.2) is 19.5 Å². The zero-order valence-electron chi connectivity index (χ0n) is 12.2. The summed E-state index contributed by atoms with van der Waals surface area (Å²) in [6.45, 7) is 1.86. The Morgan fingerprint density at radius 1 is 1.17 bits per heavy atom. The van der Waals surface area contributed by atoms with Crippen LogP contribution in [0.1, 0.15) is 11.1 Å². The van der Waals surface area contributed by atoms with Crippen molar-refractivity contribution in [1.29, 1.82) is 0 Å². The maximum atomic E-state index is 12.4. The smallest absolute Gasteiger partial charge is 0.328 e. The van der Waals surface area contributed by atoms with E-state index in [-0.39, 0.29) is 10.6 Å². The number of sulfonamides is 1. The fourth-order valence-electron chi connectivity index (χ4n) is 1.84. The van der Waals surface area contributed by atoms with Crippen LogP contribution in [0.3, 0.4) is 0 Å². The maximum Gasteiger partial charge on any atom is 0.328 e. The van der Waals surface area contributed by atoms with E-state index in [1.54, 1.807) is 18.2 Å². The van der Waals surface area contributed by atoms with Crippen molar-refractivity contribution in [3.05, 3.63) is 64.7 Å². The lowest BCUT2D eigenvalue weighted by Gasteiger charge is -2.11. The lowest BCUT2D eigenvalue weighted by Crippen LogP contribution is -2.13. The van der Waals surface area contributed by atoms with Crippen molar-refractivity contribution in [2.75, 3.05) is 4.72 Å². The molecule has 0 unspecified atom stereocenters. The number of anilines is 1. The Bertz CT molecular complexity index is 858. The number of halogens is 1. The van der Waals surface area contributed by atoms with Crippen molar-refractivity contribution in [2.24, 2.45) is 0 Å². The highest BCUT2D eigenvalue weighted by molar-refractivity contribution is 7.92. The summed E-state index contributed by atoms with van der Waals surface area (Å²) in [5, 5.41) is 9.04. The molecule has 0 amide bonds. The van der Waals surface area contributed by atoms with Crippen molar-refractivity contribution in [3.63, 3.8) is 0 Å². The molecule has 0 fully saturated rings. The molecule has 0 aliphatic heterocycles. The average Bonchev–Trinajstić information content (AvgIpc) is 2.46. The van der Waals surface area contributed by atoms with E-state index in [9.17, 15) is 13.2 Å². The number of benzene rings is 2. The van der Waals surface area contributed by atoms with Gasteiger partial charge in [0.2, 0.25) is 0 Å². The lowest BCUT2D eigenvalue weighted by molar-refractivity contribution is -0.131. The molecule has 2 aromatic rings. The van der Waals surface area contributed by atoms with E-state index in [0.29, 0.717) is 10.6 Å². The third-order valence-electron chi connectivity index (χ3n) is 3.00. The summed E-state index contributed by atoms with van der Waals surface area (Å²) in [5.41, 5.74) is 1.54. The van der Waals surface area contributed by atoms with Gasteiger partial charge in [-0.3, -0.25) is 4.72 Å². The first-order valence-electron chi connectivity index (χ1n) is 6.58. The number of aryl methyl sites for hydroxylation is 1. The first-order chi connectivity index (χ1) is 10.8. The standard InChI is InChI=1S/C16H14ClNO4S/c1-11-2-7-14(8-3-11)23(21,22)18-15-10-13(17)6-4-12(15)5-9-16(19)20/h2-10,18H,1H3,(H,19,20)/b9-5+. The summed E-state index contributed by atoms with van der Waals surface area (Å²) in [6.07, 6.45) is 2.22. The third-order valence-corrected chi connectivity index (χ3v) is 4.61. The average molecular weight is 352 g/mol. The van der Waals surface area contributed by atoms with Crippen LogP contribution in [0.15, 0.2) is 53.4 Å². The van der Waals surface area contributed by atoms with Crippen LogP contribution in [0.25, 0.3) is 6.08 Å². The number of carboxylic acids is 1. The van der Waals surface area contributed by atoms with E-state index in [4.69, 9.17) is 16.7 Å². The normalized spacial score (nSPS) is 11.6. The highest BCUT2D eigenvalue weighted by Gasteiger charge is 2.15. The number of carbonyl (C=O) groups is 1. The molecule has 0 radical (unpaired) electrons. The SMILES string of the molecule is Cc1ccc(S(=O)(=O)Nc2cc(Cl)ccc2/C=C/C(=O)O)cc1. The molecular formula is C16H14ClNO4S. The predicted octanol–water partition coefficient (Wildman–Crippen LogP) is 3.55. The quantitative estimate of drug-likeness (QED) is 0.807. The number of nitrogens with one attached hydrogen (secondary N) is 1. The molecule has 0 aliphatic carbocycles. The van der Waals surface area contributed by atoms with Crippen LogP contribution in [-0.2, 0) is 14.8 Å². The van der Waals surface area contributed by atoms with Crippen molar-refractivity contribution in [3.8, 4) is 0 Å². The van der Waals surface area contributed by atoms with E-state index in [1.165, 1.54) is 30.3 Å². The number of hydrogen-bond donors (Lipinski definition) is 2. The Labute approximate surface area is 139 Å². The van der Waals surface area contributed by atoms with E-state index in [1.807, 2.05) is 6.92 Å². The van der Waals surface area contributed by atoms with Gasteiger partial charge >= 0.3 is 5.97 Å². The van der Waals surface area contributed by atoms with Crippen molar-refractivity contribution in [1.82, 2.24) is 0 Å². The van der Waals surface area contributed by atoms with Crippen LogP contribution in [0, 0.1) is 6.92 Å².